The Morgan fingerprint density at radius 3 is 2.03 bits per heavy atom. The van der Waals surface area contributed by atoms with Gasteiger partial charge in [0.1, 0.15) is 17.9 Å². The summed E-state index contributed by atoms with van der Waals surface area (Å²) in [6.45, 7) is 7.60. The highest BCUT2D eigenvalue weighted by atomic mass is 127. The summed E-state index contributed by atoms with van der Waals surface area (Å²) in [6.07, 6.45) is 1.50. The molecule has 0 unspecified atom stereocenters. The molecule has 0 saturated carbocycles. The number of esters is 2. The van der Waals surface area contributed by atoms with Gasteiger partial charge in [-0.25, -0.2) is 9.59 Å². The van der Waals surface area contributed by atoms with Gasteiger partial charge in [0.05, 0.1) is 7.14 Å². The normalized spacial score (nSPS) is 19.2. The SMILES string of the molecule is CC(C)(C)C1(C)OC(=O)C(=Cc2cc(I)c(OCc3ccccc3)c(I)c2)C(=O)O1. The predicted molar refractivity (Wildman–Crippen MR) is 131 cm³/mol. The second-order valence-corrected chi connectivity index (χ2v) is 10.4. The van der Waals surface area contributed by atoms with Crippen molar-refractivity contribution >= 4 is 63.2 Å². The third-order valence-corrected chi connectivity index (χ3v) is 6.54. The topological polar surface area (TPSA) is 61.8 Å². The second kappa shape index (κ2) is 8.86. The molecule has 1 aliphatic heterocycles. The van der Waals surface area contributed by atoms with Crippen molar-refractivity contribution in [2.24, 2.45) is 5.41 Å². The van der Waals surface area contributed by atoms with Crippen LogP contribution in [0.5, 0.6) is 5.75 Å². The zero-order valence-corrected chi connectivity index (χ0v) is 21.4. The summed E-state index contributed by atoms with van der Waals surface area (Å²) in [6, 6.07) is 13.6. The molecule has 2 aromatic carbocycles. The van der Waals surface area contributed by atoms with Crippen LogP contribution in [0.15, 0.2) is 48.0 Å². The van der Waals surface area contributed by atoms with Crippen LogP contribution in [-0.2, 0) is 25.7 Å². The van der Waals surface area contributed by atoms with Crippen LogP contribution in [0.25, 0.3) is 6.08 Å². The molecule has 3 rings (SSSR count). The van der Waals surface area contributed by atoms with Crippen molar-refractivity contribution < 1.29 is 23.8 Å². The molecule has 0 radical (unpaired) electrons. The quantitative estimate of drug-likeness (QED) is 0.187. The van der Waals surface area contributed by atoms with Gasteiger partial charge in [0.2, 0.25) is 0 Å². The molecule has 0 bridgehead atoms. The van der Waals surface area contributed by atoms with Crippen molar-refractivity contribution in [2.45, 2.75) is 40.1 Å². The lowest BCUT2D eigenvalue weighted by Crippen LogP contribution is -2.52. The monoisotopic (exact) mass is 632 g/mol. The summed E-state index contributed by atoms with van der Waals surface area (Å²) >= 11 is 4.37. The van der Waals surface area contributed by atoms with Gasteiger partial charge in [0, 0.05) is 12.3 Å². The van der Waals surface area contributed by atoms with Crippen LogP contribution >= 0.6 is 45.2 Å². The minimum atomic E-state index is -1.31. The van der Waals surface area contributed by atoms with Gasteiger partial charge in [-0.1, -0.05) is 51.1 Å². The number of rotatable bonds is 4. The standard InChI is InChI=1S/C23H22I2O5/c1-22(2,3)23(4)29-20(26)16(21(27)30-23)10-15-11-17(24)19(18(25)12-15)28-13-14-8-6-5-7-9-14/h5-12H,13H2,1-4H3. The third-order valence-electron chi connectivity index (χ3n) is 4.93. The smallest absolute Gasteiger partial charge is 0.348 e. The Morgan fingerprint density at radius 2 is 1.53 bits per heavy atom. The molecule has 1 heterocycles. The number of carbonyl (C=O) groups excluding carboxylic acids is 2. The first-order chi connectivity index (χ1) is 14.0. The number of benzene rings is 2. The average molecular weight is 632 g/mol. The van der Waals surface area contributed by atoms with E-state index in [0.717, 1.165) is 18.5 Å². The first kappa shape index (κ1) is 23.1. The summed E-state index contributed by atoms with van der Waals surface area (Å²) in [4.78, 5) is 25.1. The minimum Gasteiger partial charge on any atom is -0.487 e. The Bertz CT molecular complexity index is 963. The first-order valence-electron chi connectivity index (χ1n) is 9.34. The molecule has 0 atom stereocenters. The van der Waals surface area contributed by atoms with Gasteiger partial charge in [-0.15, -0.1) is 0 Å². The summed E-state index contributed by atoms with van der Waals surface area (Å²) < 4.78 is 18.7. The maximum absolute atomic E-state index is 12.5. The van der Waals surface area contributed by atoms with Crippen LogP contribution in [0.2, 0.25) is 0 Å². The summed E-state index contributed by atoms with van der Waals surface area (Å²) in [5.74, 6) is -1.91. The first-order valence-corrected chi connectivity index (χ1v) is 11.5. The minimum absolute atomic E-state index is 0.124. The molecule has 0 N–H and O–H groups in total. The maximum atomic E-state index is 12.5. The molecule has 0 aliphatic carbocycles. The number of carbonyl (C=O) groups is 2. The number of cyclic esters (lactones) is 2. The number of hydrogen-bond acceptors (Lipinski definition) is 5. The van der Waals surface area contributed by atoms with Gasteiger partial charge in [-0.3, -0.25) is 0 Å². The molecule has 30 heavy (non-hydrogen) atoms. The largest absolute Gasteiger partial charge is 0.487 e. The number of hydrogen-bond donors (Lipinski definition) is 0. The highest BCUT2D eigenvalue weighted by Crippen LogP contribution is 2.39. The van der Waals surface area contributed by atoms with E-state index in [-0.39, 0.29) is 5.57 Å². The summed E-state index contributed by atoms with van der Waals surface area (Å²) in [7, 11) is 0. The maximum Gasteiger partial charge on any atom is 0.348 e. The van der Waals surface area contributed by atoms with E-state index in [1.165, 1.54) is 6.08 Å². The van der Waals surface area contributed by atoms with Crippen molar-refractivity contribution in [3.63, 3.8) is 0 Å². The van der Waals surface area contributed by atoms with Gasteiger partial charge in [0.25, 0.3) is 5.79 Å². The Labute approximate surface area is 203 Å². The average Bonchev–Trinajstić information content (AvgIpc) is 2.64. The molecule has 1 aliphatic rings. The van der Waals surface area contributed by atoms with E-state index >= 15 is 0 Å². The molecule has 5 nitrogen and oxygen atoms in total. The molecule has 0 spiro atoms. The molecule has 158 valence electrons. The van der Waals surface area contributed by atoms with E-state index in [1.807, 2.05) is 63.2 Å². The van der Waals surface area contributed by atoms with Crippen LogP contribution < -0.4 is 4.74 Å². The van der Waals surface area contributed by atoms with Crippen LogP contribution in [0.1, 0.15) is 38.8 Å². The van der Waals surface area contributed by atoms with Gasteiger partial charge in [-0.05, 0) is 74.5 Å². The fraction of sp³-hybridized carbons (Fsp3) is 0.304. The van der Waals surface area contributed by atoms with Crippen LogP contribution in [0.3, 0.4) is 0 Å². The van der Waals surface area contributed by atoms with E-state index in [0.29, 0.717) is 12.2 Å². The van der Waals surface area contributed by atoms with Gasteiger partial charge >= 0.3 is 11.9 Å². The third kappa shape index (κ3) is 4.99. The van der Waals surface area contributed by atoms with Crippen molar-refractivity contribution in [1.82, 2.24) is 0 Å². The molecule has 1 fully saturated rings. The van der Waals surface area contributed by atoms with Crippen LogP contribution in [-0.4, -0.2) is 17.7 Å². The molecule has 0 amide bonds. The lowest BCUT2D eigenvalue weighted by molar-refractivity contribution is -0.261. The molecule has 2 aromatic rings. The van der Waals surface area contributed by atoms with E-state index in [9.17, 15) is 9.59 Å². The second-order valence-electron chi connectivity index (χ2n) is 8.12. The van der Waals surface area contributed by atoms with Crippen molar-refractivity contribution in [3.05, 3.63) is 66.3 Å². The highest BCUT2D eigenvalue weighted by molar-refractivity contribution is 14.1. The highest BCUT2D eigenvalue weighted by Gasteiger charge is 2.50. The molecular weight excluding hydrogens is 610 g/mol. The van der Waals surface area contributed by atoms with Crippen LogP contribution in [0, 0.1) is 12.6 Å². The molecule has 0 aromatic heterocycles. The fourth-order valence-corrected chi connectivity index (χ4v) is 4.82. The van der Waals surface area contributed by atoms with Gasteiger partial charge in [-0.2, -0.15) is 0 Å². The van der Waals surface area contributed by atoms with Crippen molar-refractivity contribution in [3.8, 4) is 5.75 Å². The molecule has 1 saturated heterocycles. The van der Waals surface area contributed by atoms with E-state index in [1.54, 1.807) is 6.92 Å². The lowest BCUT2D eigenvalue weighted by Gasteiger charge is -2.42. The Hall–Kier alpha value is -1.62. The Balaban J connectivity index is 1.82. The predicted octanol–water partition coefficient (Wildman–Crippen LogP) is 5.72. The Morgan fingerprint density at radius 1 is 1.00 bits per heavy atom. The fourth-order valence-electron chi connectivity index (χ4n) is 2.69. The molecule has 7 heteroatoms. The summed E-state index contributed by atoms with van der Waals surface area (Å²) in [5, 5.41) is 0. The number of ether oxygens (including phenoxy) is 3. The zero-order valence-electron chi connectivity index (χ0n) is 17.1. The van der Waals surface area contributed by atoms with Crippen molar-refractivity contribution in [1.29, 1.82) is 0 Å². The van der Waals surface area contributed by atoms with E-state index in [4.69, 9.17) is 14.2 Å². The van der Waals surface area contributed by atoms with Gasteiger partial charge in [0.15, 0.2) is 0 Å². The number of halogens is 2. The van der Waals surface area contributed by atoms with Crippen molar-refractivity contribution in [2.75, 3.05) is 0 Å². The van der Waals surface area contributed by atoms with Gasteiger partial charge < -0.3 is 14.2 Å². The Kier molecular flexibility index (Phi) is 6.81. The van der Waals surface area contributed by atoms with Crippen LogP contribution in [0.4, 0.5) is 0 Å². The van der Waals surface area contributed by atoms with E-state index < -0.39 is 23.1 Å². The lowest BCUT2D eigenvalue weighted by atomic mass is 9.85. The van der Waals surface area contributed by atoms with E-state index in [2.05, 4.69) is 45.2 Å². The summed E-state index contributed by atoms with van der Waals surface area (Å²) in [5.41, 5.74) is 1.09. The molecular formula is C23H22I2O5. The zero-order chi connectivity index (χ0) is 22.1.